The van der Waals surface area contributed by atoms with Crippen LogP contribution in [0.1, 0.15) is 11.6 Å². The Morgan fingerprint density at radius 3 is 2.55 bits per heavy atom. The van der Waals surface area contributed by atoms with Crippen molar-refractivity contribution in [3.63, 3.8) is 0 Å². The highest BCUT2D eigenvalue weighted by Crippen LogP contribution is 2.08. The molecular formula is C7H10N2O2. The number of aliphatic hydroxyl groups excluding tert-OH is 1. The van der Waals surface area contributed by atoms with E-state index in [1.165, 1.54) is 0 Å². The molecule has 1 aromatic heterocycles. The summed E-state index contributed by atoms with van der Waals surface area (Å²) in [5.41, 5.74) is 2.80. The Morgan fingerprint density at radius 2 is 2.09 bits per heavy atom. The maximum absolute atomic E-state index is 8.74. The van der Waals surface area contributed by atoms with Gasteiger partial charge < -0.3 is 10.3 Å². The zero-order chi connectivity index (χ0) is 8.10. The van der Waals surface area contributed by atoms with Crippen LogP contribution in [0.4, 0.5) is 0 Å². The highest BCUT2D eigenvalue weighted by atomic mass is 16.5. The van der Waals surface area contributed by atoms with E-state index < -0.39 is 6.04 Å². The van der Waals surface area contributed by atoms with Crippen LogP contribution in [0.5, 0.6) is 0 Å². The Labute approximate surface area is 64.5 Å². The average molecular weight is 154 g/mol. The predicted octanol–water partition coefficient (Wildman–Crippen LogP) is 0.0938. The first-order chi connectivity index (χ1) is 5.38. The van der Waals surface area contributed by atoms with Crippen molar-refractivity contribution in [2.24, 2.45) is 0 Å². The maximum atomic E-state index is 8.74. The van der Waals surface area contributed by atoms with E-state index in [0.717, 1.165) is 5.56 Å². The number of pyridine rings is 1. The molecule has 4 nitrogen and oxygen atoms in total. The van der Waals surface area contributed by atoms with Gasteiger partial charge in [-0.15, -0.1) is 0 Å². The second kappa shape index (κ2) is 4.02. The van der Waals surface area contributed by atoms with Crippen molar-refractivity contribution in [2.45, 2.75) is 6.04 Å². The van der Waals surface area contributed by atoms with Gasteiger partial charge in [0, 0.05) is 12.4 Å². The fraction of sp³-hybridized carbons (Fsp3) is 0.286. The zero-order valence-electron chi connectivity index (χ0n) is 5.94. The minimum atomic E-state index is -0.419. The Hall–Kier alpha value is -0.970. The summed E-state index contributed by atoms with van der Waals surface area (Å²) in [5, 5.41) is 17.3. The minimum Gasteiger partial charge on any atom is -0.394 e. The van der Waals surface area contributed by atoms with Crippen molar-refractivity contribution in [2.75, 3.05) is 6.61 Å². The van der Waals surface area contributed by atoms with E-state index in [4.69, 9.17) is 10.3 Å². The van der Waals surface area contributed by atoms with Gasteiger partial charge in [0.25, 0.3) is 0 Å². The largest absolute Gasteiger partial charge is 0.394 e. The molecule has 1 atom stereocenters. The van der Waals surface area contributed by atoms with E-state index in [1.807, 2.05) is 5.48 Å². The van der Waals surface area contributed by atoms with Gasteiger partial charge in [0.05, 0.1) is 12.6 Å². The molecule has 1 rings (SSSR count). The third-order valence-electron chi connectivity index (χ3n) is 1.45. The van der Waals surface area contributed by atoms with E-state index in [0.29, 0.717) is 0 Å². The van der Waals surface area contributed by atoms with Crippen molar-refractivity contribution in [1.82, 2.24) is 10.5 Å². The summed E-state index contributed by atoms with van der Waals surface area (Å²) in [6, 6.07) is 3.03. The molecular weight excluding hydrogens is 144 g/mol. The molecule has 60 valence electrons. The van der Waals surface area contributed by atoms with Crippen molar-refractivity contribution in [1.29, 1.82) is 0 Å². The Balaban J connectivity index is 2.74. The molecule has 0 saturated heterocycles. The predicted molar refractivity (Wildman–Crippen MR) is 39.0 cm³/mol. The van der Waals surface area contributed by atoms with Crippen molar-refractivity contribution in [3.05, 3.63) is 30.1 Å². The number of hydrogen-bond acceptors (Lipinski definition) is 4. The summed E-state index contributed by atoms with van der Waals surface area (Å²) in [6.45, 7) is -0.138. The minimum absolute atomic E-state index is 0.138. The summed E-state index contributed by atoms with van der Waals surface area (Å²) in [5.74, 6) is 0. The monoisotopic (exact) mass is 154 g/mol. The molecule has 0 bridgehead atoms. The van der Waals surface area contributed by atoms with Crippen molar-refractivity contribution < 1.29 is 10.3 Å². The molecule has 11 heavy (non-hydrogen) atoms. The molecule has 0 aliphatic rings. The molecule has 0 aliphatic carbocycles. The van der Waals surface area contributed by atoms with Crippen LogP contribution < -0.4 is 5.48 Å². The lowest BCUT2D eigenvalue weighted by Gasteiger charge is -2.10. The zero-order valence-corrected chi connectivity index (χ0v) is 5.94. The molecule has 0 radical (unpaired) electrons. The van der Waals surface area contributed by atoms with Gasteiger partial charge in [0.2, 0.25) is 0 Å². The van der Waals surface area contributed by atoms with Gasteiger partial charge in [-0.2, -0.15) is 5.48 Å². The molecule has 0 fully saturated rings. The van der Waals surface area contributed by atoms with Crippen LogP contribution in [0.3, 0.4) is 0 Å². The topological polar surface area (TPSA) is 65.4 Å². The van der Waals surface area contributed by atoms with E-state index >= 15 is 0 Å². The summed E-state index contributed by atoms with van der Waals surface area (Å²) >= 11 is 0. The third-order valence-corrected chi connectivity index (χ3v) is 1.45. The molecule has 0 unspecified atom stereocenters. The van der Waals surface area contributed by atoms with Gasteiger partial charge >= 0.3 is 0 Å². The van der Waals surface area contributed by atoms with E-state index in [-0.39, 0.29) is 6.61 Å². The first-order valence-corrected chi connectivity index (χ1v) is 3.29. The highest BCUT2D eigenvalue weighted by molar-refractivity contribution is 5.14. The van der Waals surface area contributed by atoms with Crippen molar-refractivity contribution in [3.8, 4) is 0 Å². The lowest BCUT2D eigenvalue weighted by atomic mass is 10.1. The number of aliphatic hydroxyl groups is 1. The summed E-state index contributed by atoms with van der Waals surface area (Å²) in [4.78, 5) is 3.81. The average Bonchev–Trinajstić information content (AvgIpc) is 2.09. The van der Waals surface area contributed by atoms with Crippen LogP contribution in [-0.2, 0) is 0 Å². The van der Waals surface area contributed by atoms with Crippen LogP contribution >= 0.6 is 0 Å². The normalized spacial score (nSPS) is 12.9. The number of hydroxylamine groups is 1. The molecule has 0 aromatic carbocycles. The third kappa shape index (κ3) is 1.98. The molecule has 1 heterocycles. The van der Waals surface area contributed by atoms with Crippen LogP contribution in [-0.4, -0.2) is 21.9 Å². The molecule has 3 N–H and O–H groups in total. The van der Waals surface area contributed by atoms with Gasteiger partial charge in [-0.1, -0.05) is 0 Å². The Morgan fingerprint density at radius 1 is 1.45 bits per heavy atom. The molecule has 0 spiro atoms. The van der Waals surface area contributed by atoms with E-state index in [1.54, 1.807) is 24.5 Å². The fourth-order valence-corrected chi connectivity index (χ4v) is 0.817. The van der Waals surface area contributed by atoms with E-state index in [9.17, 15) is 0 Å². The lowest BCUT2D eigenvalue weighted by Crippen LogP contribution is -2.20. The Kier molecular flexibility index (Phi) is 2.97. The maximum Gasteiger partial charge on any atom is 0.0801 e. The smallest absolute Gasteiger partial charge is 0.0801 e. The second-order valence-corrected chi connectivity index (χ2v) is 2.14. The highest BCUT2D eigenvalue weighted by Gasteiger charge is 2.06. The number of nitrogens with one attached hydrogen (secondary N) is 1. The van der Waals surface area contributed by atoms with Crippen LogP contribution in [0, 0.1) is 0 Å². The molecule has 0 amide bonds. The standard InChI is InChI=1S/C7H10N2O2/c10-5-7(9-11)6-1-3-8-4-2-6/h1-4,7,9-11H,5H2/t7-/m1/s1. The Bertz CT molecular complexity index is 199. The second-order valence-electron chi connectivity index (χ2n) is 2.14. The number of rotatable bonds is 3. The summed E-state index contributed by atoms with van der Waals surface area (Å²) < 4.78 is 0. The van der Waals surface area contributed by atoms with E-state index in [2.05, 4.69) is 4.98 Å². The first-order valence-electron chi connectivity index (χ1n) is 3.29. The summed E-state index contributed by atoms with van der Waals surface area (Å²) in [7, 11) is 0. The van der Waals surface area contributed by atoms with Gasteiger partial charge in [-0.25, -0.2) is 0 Å². The molecule has 4 heteroatoms. The molecule has 1 aromatic rings. The van der Waals surface area contributed by atoms with Gasteiger partial charge in [-0.3, -0.25) is 4.98 Å². The number of aromatic nitrogens is 1. The SMILES string of the molecule is OC[C@@H](NO)c1ccncc1. The van der Waals surface area contributed by atoms with Gasteiger partial charge in [-0.05, 0) is 17.7 Å². The number of hydrogen-bond donors (Lipinski definition) is 3. The first kappa shape index (κ1) is 8.13. The van der Waals surface area contributed by atoms with Crippen LogP contribution in [0.25, 0.3) is 0 Å². The van der Waals surface area contributed by atoms with Crippen LogP contribution in [0.2, 0.25) is 0 Å². The quantitative estimate of drug-likeness (QED) is 0.540. The van der Waals surface area contributed by atoms with Crippen molar-refractivity contribution >= 4 is 0 Å². The summed E-state index contributed by atoms with van der Waals surface area (Å²) in [6.07, 6.45) is 3.21. The van der Waals surface area contributed by atoms with Gasteiger partial charge in [0.1, 0.15) is 0 Å². The molecule has 0 aliphatic heterocycles. The molecule has 0 saturated carbocycles. The van der Waals surface area contributed by atoms with Gasteiger partial charge in [0.15, 0.2) is 0 Å². The van der Waals surface area contributed by atoms with Crippen LogP contribution in [0.15, 0.2) is 24.5 Å². The lowest BCUT2D eigenvalue weighted by molar-refractivity contribution is 0.0905. The fourth-order valence-electron chi connectivity index (χ4n) is 0.817. The number of nitrogens with zero attached hydrogens (tertiary/aromatic N) is 1.